The standard InChI is InChI=1S/C15H23N5OS/c1-10(2)14-19-13(21-20-14)7-8-17-15(16-4)18-9-12-6-5-11(3)22-12/h5-6,10H,7-9H2,1-4H3,(H2,16,17,18). The molecule has 0 saturated carbocycles. The summed E-state index contributed by atoms with van der Waals surface area (Å²) in [6, 6.07) is 4.26. The van der Waals surface area contributed by atoms with Crippen LogP contribution < -0.4 is 10.6 Å². The van der Waals surface area contributed by atoms with E-state index in [0.717, 1.165) is 18.3 Å². The van der Waals surface area contributed by atoms with Crippen molar-refractivity contribution in [1.29, 1.82) is 0 Å². The number of aromatic nitrogens is 2. The van der Waals surface area contributed by atoms with Crippen molar-refractivity contribution >= 4 is 17.3 Å². The summed E-state index contributed by atoms with van der Waals surface area (Å²) in [6.45, 7) is 7.67. The third kappa shape index (κ3) is 4.84. The monoisotopic (exact) mass is 321 g/mol. The Balaban J connectivity index is 1.74. The highest BCUT2D eigenvalue weighted by Gasteiger charge is 2.09. The Morgan fingerprint density at radius 1 is 1.36 bits per heavy atom. The molecule has 2 heterocycles. The predicted molar refractivity (Wildman–Crippen MR) is 89.3 cm³/mol. The van der Waals surface area contributed by atoms with E-state index in [2.05, 4.69) is 44.8 Å². The van der Waals surface area contributed by atoms with E-state index in [1.54, 1.807) is 18.4 Å². The van der Waals surface area contributed by atoms with Gasteiger partial charge in [-0.05, 0) is 19.1 Å². The number of nitrogens with zero attached hydrogens (tertiary/aromatic N) is 3. The van der Waals surface area contributed by atoms with Crippen molar-refractivity contribution in [3.05, 3.63) is 33.6 Å². The lowest BCUT2D eigenvalue weighted by Crippen LogP contribution is -2.37. The second kappa shape index (κ2) is 7.93. The van der Waals surface area contributed by atoms with E-state index in [1.807, 2.05) is 13.8 Å². The minimum absolute atomic E-state index is 0.286. The highest BCUT2D eigenvalue weighted by atomic mass is 32.1. The molecule has 0 spiro atoms. The summed E-state index contributed by atoms with van der Waals surface area (Å²) < 4.78 is 5.21. The first-order valence-corrected chi connectivity index (χ1v) is 8.22. The van der Waals surface area contributed by atoms with E-state index in [1.165, 1.54) is 9.75 Å². The lowest BCUT2D eigenvalue weighted by Gasteiger charge is -2.10. The highest BCUT2D eigenvalue weighted by Crippen LogP contribution is 2.14. The Morgan fingerprint density at radius 2 is 2.18 bits per heavy atom. The molecule has 0 unspecified atom stereocenters. The number of thiophene rings is 1. The Kier molecular flexibility index (Phi) is 5.94. The summed E-state index contributed by atoms with van der Waals surface area (Å²) in [5.74, 6) is 2.47. The Morgan fingerprint density at radius 3 is 2.77 bits per heavy atom. The molecular formula is C15H23N5OS. The summed E-state index contributed by atoms with van der Waals surface area (Å²) in [4.78, 5) is 11.2. The third-order valence-corrected chi connectivity index (χ3v) is 4.08. The van der Waals surface area contributed by atoms with Gasteiger partial charge < -0.3 is 15.2 Å². The van der Waals surface area contributed by atoms with Crippen LogP contribution in [0.15, 0.2) is 21.6 Å². The van der Waals surface area contributed by atoms with Crippen LogP contribution in [0.5, 0.6) is 0 Å². The van der Waals surface area contributed by atoms with Crippen molar-refractivity contribution < 1.29 is 4.52 Å². The normalized spacial score (nSPS) is 12.0. The van der Waals surface area contributed by atoms with Crippen LogP contribution in [0.3, 0.4) is 0 Å². The van der Waals surface area contributed by atoms with Crippen molar-refractivity contribution in [2.24, 2.45) is 4.99 Å². The molecule has 0 amide bonds. The average molecular weight is 321 g/mol. The lowest BCUT2D eigenvalue weighted by molar-refractivity contribution is 0.371. The third-order valence-electron chi connectivity index (χ3n) is 3.08. The molecule has 2 aromatic heterocycles. The topological polar surface area (TPSA) is 75.3 Å². The summed E-state index contributed by atoms with van der Waals surface area (Å²) >= 11 is 1.79. The molecule has 0 aromatic carbocycles. The second-order valence-electron chi connectivity index (χ2n) is 5.32. The molecular weight excluding hydrogens is 298 g/mol. The molecule has 0 bridgehead atoms. The zero-order chi connectivity index (χ0) is 15.9. The molecule has 7 heteroatoms. The van der Waals surface area contributed by atoms with Gasteiger partial charge in [0.1, 0.15) is 0 Å². The van der Waals surface area contributed by atoms with E-state index < -0.39 is 0 Å². The minimum Gasteiger partial charge on any atom is -0.356 e. The lowest BCUT2D eigenvalue weighted by atomic mass is 10.2. The van der Waals surface area contributed by atoms with E-state index in [0.29, 0.717) is 18.9 Å². The van der Waals surface area contributed by atoms with Crippen molar-refractivity contribution in [2.75, 3.05) is 13.6 Å². The van der Waals surface area contributed by atoms with Gasteiger partial charge in [0.2, 0.25) is 5.89 Å². The summed E-state index contributed by atoms with van der Waals surface area (Å²) in [7, 11) is 1.76. The Hall–Kier alpha value is -1.89. The average Bonchev–Trinajstić information content (AvgIpc) is 3.11. The molecule has 6 nitrogen and oxygen atoms in total. The first-order valence-electron chi connectivity index (χ1n) is 7.40. The van der Waals surface area contributed by atoms with Gasteiger partial charge in [0, 0.05) is 35.7 Å². The van der Waals surface area contributed by atoms with Crippen LogP contribution in [0.1, 0.15) is 41.2 Å². The molecule has 0 saturated heterocycles. The van der Waals surface area contributed by atoms with Gasteiger partial charge in [-0.25, -0.2) is 0 Å². The second-order valence-corrected chi connectivity index (χ2v) is 6.69. The smallest absolute Gasteiger partial charge is 0.228 e. The molecule has 2 aromatic rings. The maximum absolute atomic E-state index is 5.21. The fraction of sp³-hybridized carbons (Fsp3) is 0.533. The first-order chi connectivity index (χ1) is 10.6. The predicted octanol–water partition coefficient (Wildman–Crippen LogP) is 2.47. The van der Waals surface area contributed by atoms with Gasteiger partial charge in [-0.3, -0.25) is 4.99 Å². The van der Waals surface area contributed by atoms with Gasteiger partial charge in [-0.2, -0.15) is 4.98 Å². The Labute approximate surface area is 135 Å². The maximum atomic E-state index is 5.21. The maximum Gasteiger partial charge on any atom is 0.228 e. The SMILES string of the molecule is CN=C(NCCc1nc(C(C)C)no1)NCc1ccc(C)s1. The molecule has 0 atom stereocenters. The highest BCUT2D eigenvalue weighted by molar-refractivity contribution is 7.11. The molecule has 0 radical (unpaired) electrons. The number of guanidine groups is 1. The largest absolute Gasteiger partial charge is 0.356 e. The van der Waals surface area contributed by atoms with Gasteiger partial charge in [0.25, 0.3) is 0 Å². The zero-order valence-electron chi connectivity index (χ0n) is 13.5. The van der Waals surface area contributed by atoms with Crippen LogP contribution in [0.2, 0.25) is 0 Å². The summed E-state index contributed by atoms with van der Waals surface area (Å²) in [5.41, 5.74) is 0. The van der Waals surface area contributed by atoms with Crippen molar-refractivity contribution in [1.82, 2.24) is 20.8 Å². The van der Waals surface area contributed by atoms with Gasteiger partial charge >= 0.3 is 0 Å². The van der Waals surface area contributed by atoms with Crippen molar-refractivity contribution in [2.45, 2.75) is 39.7 Å². The summed E-state index contributed by atoms with van der Waals surface area (Å²) in [5, 5.41) is 10.5. The number of aryl methyl sites for hydroxylation is 1. The molecule has 0 aliphatic rings. The number of hydrogen-bond donors (Lipinski definition) is 2. The van der Waals surface area contributed by atoms with E-state index in [9.17, 15) is 0 Å². The van der Waals surface area contributed by atoms with Crippen LogP contribution in [-0.2, 0) is 13.0 Å². The van der Waals surface area contributed by atoms with Gasteiger partial charge in [-0.1, -0.05) is 19.0 Å². The molecule has 0 fully saturated rings. The molecule has 2 rings (SSSR count). The fourth-order valence-corrected chi connectivity index (χ4v) is 2.69. The number of rotatable bonds is 6. The molecule has 2 N–H and O–H groups in total. The first kappa shape index (κ1) is 16.5. The van der Waals surface area contributed by atoms with Gasteiger partial charge in [-0.15, -0.1) is 11.3 Å². The fourth-order valence-electron chi connectivity index (χ4n) is 1.86. The van der Waals surface area contributed by atoms with Gasteiger partial charge in [0.15, 0.2) is 11.8 Å². The Bertz CT molecular complexity index is 617. The van der Waals surface area contributed by atoms with E-state index in [-0.39, 0.29) is 5.92 Å². The van der Waals surface area contributed by atoms with Crippen LogP contribution in [0.4, 0.5) is 0 Å². The summed E-state index contributed by atoms with van der Waals surface area (Å²) in [6.07, 6.45) is 0.679. The molecule has 0 aliphatic carbocycles. The number of aliphatic imine (C=N–C) groups is 1. The van der Waals surface area contributed by atoms with Crippen LogP contribution in [-0.4, -0.2) is 29.7 Å². The van der Waals surface area contributed by atoms with Crippen molar-refractivity contribution in [3.63, 3.8) is 0 Å². The van der Waals surface area contributed by atoms with Crippen LogP contribution in [0, 0.1) is 6.92 Å². The molecule has 22 heavy (non-hydrogen) atoms. The van der Waals surface area contributed by atoms with Crippen molar-refractivity contribution in [3.8, 4) is 0 Å². The van der Waals surface area contributed by atoms with Crippen LogP contribution in [0.25, 0.3) is 0 Å². The quantitative estimate of drug-likeness (QED) is 0.631. The minimum atomic E-state index is 0.286. The van der Waals surface area contributed by atoms with Crippen LogP contribution >= 0.6 is 11.3 Å². The van der Waals surface area contributed by atoms with E-state index in [4.69, 9.17) is 4.52 Å². The molecule has 120 valence electrons. The number of hydrogen-bond acceptors (Lipinski definition) is 5. The van der Waals surface area contributed by atoms with Gasteiger partial charge in [0.05, 0.1) is 6.54 Å². The number of nitrogens with one attached hydrogen (secondary N) is 2. The van der Waals surface area contributed by atoms with E-state index >= 15 is 0 Å². The molecule has 0 aliphatic heterocycles. The zero-order valence-corrected chi connectivity index (χ0v) is 14.3.